The van der Waals surface area contributed by atoms with Crippen molar-refractivity contribution in [3.8, 4) is 0 Å². The van der Waals surface area contributed by atoms with E-state index in [1.807, 2.05) is 0 Å². The van der Waals surface area contributed by atoms with E-state index >= 15 is 0 Å². The summed E-state index contributed by atoms with van der Waals surface area (Å²) in [4.78, 5) is 24.6. The molecule has 1 atom stereocenters. The summed E-state index contributed by atoms with van der Waals surface area (Å²) in [5, 5.41) is 2.26. The van der Waals surface area contributed by atoms with Crippen molar-refractivity contribution in [3.05, 3.63) is 0 Å². The Morgan fingerprint density at radius 1 is 1.35 bits per heavy atom. The Morgan fingerprint density at radius 2 is 1.90 bits per heavy atom. The SMILES string of the molecule is CCOP(=O)(OCC)C(NC=O)C(=O)N1CCOCC1. The van der Waals surface area contributed by atoms with Gasteiger partial charge in [-0.05, 0) is 13.8 Å². The third-order valence-electron chi connectivity index (χ3n) is 2.72. The Kier molecular flexibility index (Phi) is 7.15. The van der Waals surface area contributed by atoms with E-state index in [-0.39, 0.29) is 13.2 Å². The van der Waals surface area contributed by atoms with Gasteiger partial charge in [0.25, 0.3) is 5.91 Å². The van der Waals surface area contributed by atoms with Gasteiger partial charge in [0.05, 0.1) is 26.4 Å². The van der Waals surface area contributed by atoms with Crippen molar-refractivity contribution in [3.63, 3.8) is 0 Å². The van der Waals surface area contributed by atoms with E-state index in [0.29, 0.717) is 32.7 Å². The smallest absolute Gasteiger partial charge is 0.362 e. The predicted octanol–water partition coefficient (Wildman–Crippen LogP) is 0.183. The molecule has 0 aromatic carbocycles. The second kappa shape index (κ2) is 8.36. The predicted molar refractivity (Wildman–Crippen MR) is 71.2 cm³/mol. The lowest BCUT2D eigenvalue weighted by Crippen LogP contribution is -2.50. The molecule has 0 radical (unpaired) electrons. The lowest BCUT2D eigenvalue weighted by atomic mass is 10.4. The lowest BCUT2D eigenvalue weighted by molar-refractivity contribution is -0.136. The fourth-order valence-corrected chi connectivity index (χ4v) is 3.63. The summed E-state index contributed by atoms with van der Waals surface area (Å²) < 4.78 is 28.1. The summed E-state index contributed by atoms with van der Waals surface area (Å²) in [5.74, 6) is -1.80. The van der Waals surface area contributed by atoms with Crippen LogP contribution >= 0.6 is 7.60 Å². The third-order valence-corrected chi connectivity index (χ3v) is 4.96. The number of amides is 2. The quantitative estimate of drug-likeness (QED) is 0.508. The van der Waals surface area contributed by atoms with Gasteiger partial charge in [0.2, 0.25) is 12.2 Å². The molecule has 0 aromatic rings. The zero-order valence-corrected chi connectivity index (χ0v) is 12.6. The molecule has 0 aromatic heterocycles. The number of rotatable bonds is 8. The van der Waals surface area contributed by atoms with Crippen molar-refractivity contribution in [2.75, 3.05) is 39.5 Å². The number of nitrogens with zero attached hydrogens (tertiary/aromatic N) is 1. The van der Waals surface area contributed by atoms with E-state index in [9.17, 15) is 14.2 Å². The number of hydrogen-bond acceptors (Lipinski definition) is 6. The van der Waals surface area contributed by atoms with Crippen LogP contribution in [0.1, 0.15) is 13.8 Å². The van der Waals surface area contributed by atoms with Gasteiger partial charge in [-0.25, -0.2) is 0 Å². The molecule has 0 aliphatic carbocycles. The van der Waals surface area contributed by atoms with E-state index in [1.165, 1.54) is 4.90 Å². The first-order valence-corrected chi connectivity index (χ1v) is 8.15. The van der Waals surface area contributed by atoms with Crippen LogP contribution in [0, 0.1) is 0 Å². The van der Waals surface area contributed by atoms with E-state index < -0.39 is 19.3 Å². The van der Waals surface area contributed by atoms with E-state index in [2.05, 4.69) is 5.32 Å². The number of morpholine rings is 1. The van der Waals surface area contributed by atoms with Crippen molar-refractivity contribution in [1.82, 2.24) is 10.2 Å². The number of carbonyl (C=O) groups excluding carboxylic acids is 2. The second-order valence-electron chi connectivity index (χ2n) is 4.00. The molecule has 0 bridgehead atoms. The second-order valence-corrected chi connectivity index (χ2v) is 6.11. The molecule has 0 spiro atoms. The maximum atomic E-state index is 12.6. The highest BCUT2D eigenvalue weighted by molar-refractivity contribution is 7.55. The van der Waals surface area contributed by atoms with Crippen LogP contribution in [-0.4, -0.2) is 62.5 Å². The molecule has 8 nitrogen and oxygen atoms in total. The average molecular weight is 308 g/mol. The Balaban J connectivity index is 2.91. The number of hydrogen-bond donors (Lipinski definition) is 1. The minimum absolute atomic E-state index is 0.116. The van der Waals surface area contributed by atoms with Gasteiger partial charge in [0, 0.05) is 13.1 Å². The first-order valence-electron chi connectivity index (χ1n) is 6.54. The summed E-state index contributed by atoms with van der Waals surface area (Å²) in [7, 11) is -3.74. The molecule has 2 amide bonds. The van der Waals surface area contributed by atoms with Crippen LogP contribution in [0.2, 0.25) is 0 Å². The molecule has 0 saturated carbocycles. The van der Waals surface area contributed by atoms with E-state index in [0.717, 1.165) is 0 Å². The summed E-state index contributed by atoms with van der Waals surface area (Å²) >= 11 is 0. The molecule has 1 heterocycles. The maximum absolute atomic E-state index is 12.6. The van der Waals surface area contributed by atoms with Crippen molar-refractivity contribution in [2.24, 2.45) is 0 Å². The van der Waals surface area contributed by atoms with Gasteiger partial charge in [0.1, 0.15) is 0 Å². The highest BCUT2D eigenvalue weighted by Crippen LogP contribution is 2.52. The molecule has 1 rings (SSSR count). The zero-order chi connectivity index (χ0) is 15.0. The van der Waals surface area contributed by atoms with Gasteiger partial charge in [-0.3, -0.25) is 14.2 Å². The summed E-state index contributed by atoms with van der Waals surface area (Å²) in [6.45, 7) is 5.10. The van der Waals surface area contributed by atoms with Gasteiger partial charge in [-0.1, -0.05) is 0 Å². The molecule has 1 unspecified atom stereocenters. The van der Waals surface area contributed by atoms with Crippen LogP contribution in [0.25, 0.3) is 0 Å². The van der Waals surface area contributed by atoms with Crippen LogP contribution < -0.4 is 5.32 Å². The Hall–Kier alpha value is -0.950. The van der Waals surface area contributed by atoms with Gasteiger partial charge < -0.3 is 24.0 Å². The molecule has 9 heteroatoms. The van der Waals surface area contributed by atoms with Crippen LogP contribution in [0.5, 0.6) is 0 Å². The molecule has 1 aliphatic heterocycles. The van der Waals surface area contributed by atoms with Crippen LogP contribution in [-0.2, 0) is 27.9 Å². The molecular formula is C11H21N2O6P. The highest BCUT2D eigenvalue weighted by atomic mass is 31.2. The molecule has 20 heavy (non-hydrogen) atoms. The largest absolute Gasteiger partial charge is 0.378 e. The van der Waals surface area contributed by atoms with E-state index in [1.54, 1.807) is 13.8 Å². The number of ether oxygens (including phenoxy) is 1. The standard InChI is InChI=1S/C11H21N2O6P/c1-3-18-20(16,19-4-2)10(12-9-14)11(15)13-5-7-17-8-6-13/h9-10H,3-8H2,1-2H3,(H,12,14). The fourth-order valence-electron chi connectivity index (χ4n) is 1.87. The molecule has 1 fully saturated rings. The first kappa shape index (κ1) is 17.1. The summed E-state index contributed by atoms with van der Waals surface area (Å²) in [5.41, 5.74) is 0. The molecular weight excluding hydrogens is 287 g/mol. The zero-order valence-electron chi connectivity index (χ0n) is 11.7. The van der Waals surface area contributed by atoms with Crippen LogP contribution in [0.3, 0.4) is 0 Å². The highest BCUT2D eigenvalue weighted by Gasteiger charge is 2.43. The fraction of sp³-hybridized carbons (Fsp3) is 0.818. The first-order chi connectivity index (χ1) is 9.59. The molecule has 1 N–H and O–H groups in total. The van der Waals surface area contributed by atoms with Crippen LogP contribution in [0.4, 0.5) is 0 Å². The number of nitrogens with one attached hydrogen (secondary N) is 1. The normalized spacial score (nSPS) is 17.6. The minimum atomic E-state index is -3.74. The van der Waals surface area contributed by atoms with Gasteiger partial charge >= 0.3 is 7.60 Å². The topological polar surface area (TPSA) is 94.2 Å². The summed E-state index contributed by atoms with van der Waals surface area (Å²) in [6, 6.07) is 0. The van der Waals surface area contributed by atoms with Crippen molar-refractivity contribution < 1.29 is 27.9 Å². The maximum Gasteiger partial charge on any atom is 0.362 e. The lowest BCUT2D eigenvalue weighted by Gasteiger charge is -2.32. The van der Waals surface area contributed by atoms with Crippen molar-refractivity contribution in [2.45, 2.75) is 19.6 Å². The van der Waals surface area contributed by atoms with Gasteiger partial charge in [-0.2, -0.15) is 0 Å². The Morgan fingerprint density at radius 3 is 2.35 bits per heavy atom. The molecule has 1 saturated heterocycles. The van der Waals surface area contributed by atoms with Gasteiger partial charge in [0.15, 0.2) is 0 Å². The van der Waals surface area contributed by atoms with Gasteiger partial charge in [-0.15, -0.1) is 0 Å². The molecule has 116 valence electrons. The summed E-state index contributed by atoms with van der Waals surface area (Å²) in [6.07, 6.45) is 0.327. The monoisotopic (exact) mass is 308 g/mol. The van der Waals surface area contributed by atoms with Crippen molar-refractivity contribution >= 4 is 19.9 Å². The van der Waals surface area contributed by atoms with E-state index in [4.69, 9.17) is 13.8 Å². The van der Waals surface area contributed by atoms with Crippen LogP contribution in [0.15, 0.2) is 0 Å². The average Bonchev–Trinajstić information content (AvgIpc) is 2.45. The Bertz CT molecular complexity index is 362. The Labute approximate surface area is 118 Å². The minimum Gasteiger partial charge on any atom is -0.378 e. The van der Waals surface area contributed by atoms with Crippen molar-refractivity contribution in [1.29, 1.82) is 0 Å². The number of carbonyl (C=O) groups is 2. The third kappa shape index (κ3) is 4.28. The molecule has 1 aliphatic rings.